The highest BCUT2D eigenvalue weighted by molar-refractivity contribution is 6.50. The molecule has 1 aliphatic carbocycles. The zero-order valence-electron chi connectivity index (χ0n) is 15.7. The van der Waals surface area contributed by atoms with Crippen molar-refractivity contribution >= 4 is 17.1 Å². The molecule has 0 radical (unpaired) electrons. The number of hydrogen-bond donors (Lipinski definition) is 4. The van der Waals surface area contributed by atoms with E-state index in [0.29, 0.717) is 26.3 Å². The van der Waals surface area contributed by atoms with Gasteiger partial charge in [-0.1, -0.05) is 0 Å². The van der Waals surface area contributed by atoms with Gasteiger partial charge in [-0.15, -0.1) is 0 Å². The van der Waals surface area contributed by atoms with Gasteiger partial charge in [0.15, 0.2) is 11.6 Å². The maximum absolute atomic E-state index is 14.2. The molecule has 0 spiro atoms. The van der Waals surface area contributed by atoms with Crippen LogP contribution in [0.15, 0.2) is 24.0 Å². The van der Waals surface area contributed by atoms with E-state index in [0.717, 1.165) is 24.7 Å². The van der Waals surface area contributed by atoms with Gasteiger partial charge in [0.2, 0.25) is 0 Å². The molecule has 1 heterocycles. The second kappa shape index (κ2) is 7.56. The first-order valence-corrected chi connectivity index (χ1v) is 9.01. The summed E-state index contributed by atoms with van der Waals surface area (Å²) in [5.74, 6) is 0.252. The summed E-state index contributed by atoms with van der Waals surface area (Å²) in [4.78, 5) is 2.06. The fraction of sp³-hybridized carbons (Fsp3) is 0.474. The Morgan fingerprint density at radius 2 is 2.00 bits per heavy atom. The Morgan fingerprint density at radius 3 is 2.59 bits per heavy atom. The van der Waals surface area contributed by atoms with Gasteiger partial charge in [-0.05, 0) is 25.8 Å². The van der Waals surface area contributed by atoms with Gasteiger partial charge < -0.3 is 25.4 Å². The first-order chi connectivity index (χ1) is 12.8. The minimum atomic E-state index is -0.552. The molecule has 146 valence electrons. The summed E-state index contributed by atoms with van der Waals surface area (Å²) >= 11 is 0. The average molecular weight is 375 g/mol. The molecule has 0 atom stereocenters. The van der Waals surface area contributed by atoms with Crippen LogP contribution in [0.5, 0.6) is 5.75 Å². The predicted octanol–water partition coefficient (Wildman–Crippen LogP) is 2.12. The maximum atomic E-state index is 14.2. The molecule has 2 aliphatic rings. The van der Waals surface area contributed by atoms with E-state index in [9.17, 15) is 4.39 Å². The lowest BCUT2D eigenvalue weighted by atomic mass is 10.0. The second-order valence-electron chi connectivity index (χ2n) is 7.09. The summed E-state index contributed by atoms with van der Waals surface area (Å²) in [6, 6.07) is 2.58. The van der Waals surface area contributed by atoms with Crippen LogP contribution < -0.4 is 15.8 Å². The van der Waals surface area contributed by atoms with Crippen molar-refractivity contribution in [2.75, 3.05) is 39.1 Å². The van der Waals surface area contributed by atoms with Crippen molar-refractivity contribution in [2.45, 2.75) is 25.4 Å². The molecule has 7 nitrogen and oxygen atoms in total. The zero-order chi connectivity index (χ0) is 19.6. The molecule has 0 aromatic heterocycles. The lowest BCUT2D eigenvalue weighted by molar-refractivity contribution is 0.0510. The Hall–Kier alpha value is -2.61. The summed E-state index contributed by atoms with van der Waals surface area (Å²) in [6.07, 6.45) is 3.32. The number of nitrogens with two attached hydrogens (primary N) is 1. The Morgan fingerprint density at radius 1 is 1.33 bits per heavy atom. The van der Waals surface area contributed by atoms with Crippen LogP contribution in [0.25, 0.3) is 0 Å². The van der Waals surface area contributed by atoms with Crippen molar-refractivity contribution in [2.24, 2.45) is 0 Å². The topological polar surface area (TPSA) is 107 Å². The van der Waals surface area contributed by atoms with Crippen LogP contribution in [0.1, 0.15) is 25.3 Å². The van der Waals surface area contributed by atoms with E-state index >= 15 is 0 Å². The van der Waals surface area contributed by atoms with Gasteiger partial charge in [-0.25, -0.2) is 4.39 Å². The number of morpholine rings is 1. The van der Waals surface area contributed by atoms with E-state index in [2.05, 4.69) is 10.2 Å². The standard InChI is InChI=1S/C19H26FN5O2/c1-19(3-4-19)27-16-9-12(14(21)10-13(16)20)18(23)15(22)11-17(24-2)25-5-7-26-8-6-25/h9-11,22-24H,3-8,21H2,1-2H3/b17-11+,22-15?,23-18?. The fourth-order valence-electron chi connectivity index (χ4n) is 2.89. The zero-order valence-corrected chi connectivity index (χ0v) is 15.7. The lowest BCUT2D eigenvalue weighted by Gasteiger charge is -2.30. The number of nitrogens with one attached hydrogen (secondary N) is 3. The van der Waals surface area contributed by atoms with Crippen LogP contribution in [-0.4, -0.2) is 55.3 Å². The molecule has 0 unspecified atom stereocenters. The van der Waals surface area contributed by atoms with E-state index in [1.165, 1.54) is 6.07 Å². The molecule has 0 bridgehead atoms. The minimum absolute atomic E-state index is 0.0206. The van der Waals surface area contributed by atoms with Gasteiger partial charge in [-0.2, -0.15) is 0 Å². The van der Waals surface area contributed by atoms with Crippen LogP contribution in [0, 0.1) is 16.6 Å². The minimum Gasteiger partial charge on any atom is -0.484 e. The molecular weight excluding hydrogens is 349 g/mol. The van der Waals surface area contributed by atoms with Crippen LogP contribution in [0.2, 0.25) is 0 Å². The molecule has 8 heteroatoms. The van der Waals surface area contributed by atoms with Gasteiger partial charge in [-0.3, -0.25) is 10.8 Å². The van der Waals surface area contributed by atoms with Crippen molar-refractivity contribution in [1.29, 1.82) is 10.8 Å². The molecule has 5 N–H and O–H groups in total. The average Bonchev–Trinajstić information content (AvgIpc) is 3.39. The molecule has 1 saturated carbocycles. The Balaban J connectivity index is 1.82. The van der Waals surface area contributed by atoms with Crippen LogP contribution >= 0.6 is 0 Å². The highest BCUT2D eigenvalue weighted by Crippen LogP contribution is 2.41. The molecule has 1 aromatic carbocycles. The number of nitrogen functional groups attached to an aromatic ring is 1. The van der Waals surface area contributed by atoms with Crippen molar-refractivity contribution in [3.05, 3.63) is 35.4 Å². The van der Waals surface area contributed by atoms with E-state index in [1.54, 1.807) is 13.1 Å². The Bertz CT molecular complexity index is 783. The number of halogens is 1. The fourth-order valence-corrected chi connectivity index (χ4v) is 2.89. The largest absolute Gasteiger partial charge is 0.484 e. The molecule has 3 rings (SSSR count). The summed E-state index contributed by atoms with van der Waals surface area (Å²) in [7, 11) is 1.77. The molecule has 0 amide bonds. The van der Waals surface area contributed by atoms with E-state index in [-0.39, 0.29) is 34.0 Å². The quantitative estimate of drug-likeness (QED) is 0.431. The van der Waals surface area contributed by atoms with Crippen LogP contribution in [-0.2, 0) is 4.74 Å². The number of ether oxygens (including phenoxy) is 2. The number of allylic oxidation sites excluding steroid dienone is 1. The molecule has 27 heavy (non-hydrogen) atoms. The monoisotopic (exact) mass is 375 g/mol. The highest BCUT2D eigenvalue weighted by atomic mass is 19.1. The number of rotatable bonds is 7. The first-order valence-electron chi connectivity index (χ1n) is 9.01. The normalized spacial score (nSPS) is 18.8. The van der Waals surface area contributed by atoms with Crippen molar-refractivity contribution in [1.82, 2.24) is 10.2 Å². The van der Waals surface area contributed by atoms with Crippen molar-refractivity contribution in [3.8, 4) is 5.75 Å². The first kappa shape index (κ1) is 19.2. The Kier molecular flexibility index (Phi) is 5.36. The SMILES string of the molecule is CN/C(=C\C(=N)C(=N)c1cc(OC2(C)CC2)c(F)cc1N)N1CCOCC1. The summed E-state index contributed by atoms with van der Waals surface area (Å²) in [6.45, 7) is 4.58. The summed E-state index contributed by atoms with van der Waals surface area (Å²) < 4.78 is 25.3. The highest BCUT2D eigenvalue weighted by Gasteiger charge is 2.40. The van der Waals surface area contributed by atoms with Crippen molar-refractivity contribution < 1.29 is 13.9 Å². The number of benzene rings is 1. The van der Waals surface area contributed by atoms with Crippen LogP contribution in [0.3, 0.4) is 0 Å². The van der Waals surface area contributed by atoms with E-state index < -0.39 is 5.82 Å². The molecular formula is C19H26FN5O2. The van der Waals surface area contributed by atoms with Gasteiger partial charge in [0.25, 0.3) is 0 Å². The van der Waals surface area contributed by atoms with Crippen molar-refractivity contribution in [3.63, 3.8) is 0 Å². The smallest absolute Gasteiger partial charge is 0.167 e. The summed E-state index contributed by atoms with van der Waals surface area (Å²) in [5, 5.41) is 19.7. The number of nitrogens with zero attached hydrogens (tertiary/aromatic N) is 1. The summed E-state index contributed by atoms with van der Waals surface area (Å²) in [5.41, 5.74) is 5.86. The Labute approximate surface area is 158 Å². The molecule has 1 aliphatic heterocycles. The molecule has 2 fully saturated rings. The maximum Gasteiger partial charge on any atom is 0.167 e. The lowest BCUT2D eigenvalue weighted by Crippen LogP contribution is -2.40. The number of hydrogen-bond acceptors (Lipinski definition) is 7. The van der Waals surface area contributed by atoms with Gasteiger partial charge in [0.1, 0.15) is 11.4 Å². The number of anilines is 1. The van der Waals surface area contributed by atoms with Gasteiger partial charge >= 0.3 is 0 Å². The third kappa shape index (κ3) is 4.39. The predicted molar refractivity (Wildman–Crippen MR) is 103 cm³/mol. The van der Waals surface area contributed by atoms with E-state index in [4.69, 9.17) is 26.0 Å². The third-order valence-electron chi connectivity index (χ3n) is 4.84. The van der Waals surface area contributed by atoms with Gasteiger partial charge in [0.05, 0.1) is 24.6 Å². The molecule has 1 saturated heterocycles. The van der Waals surface area contributed by atoms with Gasteiger partial charge in [0, 0.05) is 43.5 Å². The molecule has 1 aromatic rings. The third-order valence-corrected chi connectivity index (χ3v) is 4.84. The second-order valence-corrected chi connectivity index (χ2v) is 7.09. The van der Waals surface area contributed by atoms with E-state index in [1.807, 2.05) is 6.92 Å². The van der Waals surface area contributed by atoms with Crippen LogP contribution in [0.4, 0.5) is 10.1 Å².